The number of phosphoric ester groups is 2. The Bertz CT molecular complexity index is 1880. The first kappa shape index (κ1) is 97.1. The Kier molecular flexibility index (Phi) is 72.9. The molecule has 17 nitrogen and oxygen atoms in total. The average molecular weight is 1450 g/mol. The minimum Gasteiger partial charge on any atom is -0.462 e. The van der Waals surface area contributed by atoms with Crippen LogP contribution in [0, 0.1) is 0 Å². The third kappa shape index (κ3) is 74.1. The fourth-order valence-electron chi connectivity index (χ4n) is 12.5. The smallest absolute Gasteiger partial charge is 0.462 e. The number of hydrogen-bond acceptors (Lipinski definition) is 15. The molecule has 0 saturated carbocycles. The van der Waals surface area contributed by atoms with Gasteiger partial charge in [0.25, 0.3) is 0 Å². The molecule has 0 aliphatic rings. The quantitative estimate of drug-likeness (QED) is 0.0222. The lowest BCUT2D eigenvalue weighted by Crippen LogP contribution is -2.30. The molecule has 0 aromatic carbocycles. The van der Waals surface area contributed by atoms with Crippen molar-refractivity contribution in [2.45, 2.75) is 451 Å². The normalized spacial score (nSPS) is 13.8. The van der Waals surface area contributed by atoms with E-state index in [9.17, 15) is 43.2 Å². The van der Waals surface area contributed by atoms with Crippen LogP contribution >= 0.6 is 15.6 Å². The van der Waals surface area contributed by atoms with Crippen molar-refractivity contribution in [1.29, 1.82) is 0 Å². The molecule has 0 aliphatic heterocycles. The van der Waals surface area contributed by atoms with Crippen LogP contribution in [0.25, 0.3) is 0 Å². The van der Waals surface area contributed by atoms with Gasteiger partial charge in [0.1, 0.15) is 19.3 Å². The molecule has 0 saturated heterocycles. The van der Waals surface area contributed by atoms with Gasteiger partial charge in [0.05, 0.1) is 26.4 Å². The van der Waals surface area contributed by atoms with Crippen molar-refractivity contribution in [2.24, 2.45) is 0 Å². The number of hydrogen-bond donors (Lipinski definition) is 3. The molecule has 0 radical (unpaired) electrons. The molecule has 588 valence electrons. The molecule has 0 aliphatic carbocycles. The molecule has 0 aromatic heterocycles. The first-order chi connectivity index (χ1) is 48.2. The number of rotatable bonds is 81. The summed E-state index contributed by atoms with van der Waals surface area (Å²) in [6.45, 7) is 5.00. The second-order valence-corrected chi connectivity index (χ2v) is 31.7. The molecule has 0 amide bonds. The Morgan fingerprint density at radius 3 is 0.596 bits per heavy atom. The lowest BCUT2D eigenvalue weighted by molar-refractivity contribution is -0.161. The predicted octanol–water partition coefficient (Wildman–Crippen LogP) is 24.2. The number of ether oxygens (including phenoxy) is 4. The molecule has 2 unspecified atom stereocenters. The van der Waals surface area contributed by atoms with E-state index in [1.807, 2.05) is 0 Å². The Morgan fingerprint density at radius 2 is 0.404 bits per heavy atom. The second kappa shape index (κ2) is 74.3. The van der Waals surface area contributed by atoms with E-state index in [1.165, 1.54) is 263 Å². The SMILES string of the molecule is CCCCCCCCCCCCCCCCCCCCC(=O)O[C@H](COC(=O)CCCCCCCCCCCCCCCCCCC)COP(=O)(O)OC[C@@H](O)COP(=O)(O)OC[C@@H](COC(=O)CCCCCCCCCC)OC(=O)CCCCCCCCCCCCCCCCCC. The van der Waals surface area contributed by atoms with Gasteiger partial charge in [0.2, 0.25) is 0 Å². The number of carbonyl (C=O) groups is 4. The van der Waals surface area contributed by atoms with Crippen LogP contribution in [-0.2, 0) is 65.4 Å². The Labute approximate surface area is 607 Å². The van der Waals surface area contributed by atoms with Crippen LogP contribution in [0.3, 0.4) is 0 Å². The molecule has 19 heteroatoms. The van der Waals surface area contributed by atoms with E-state index in [2.05, 4.69) is 27.7 Å². The number of carbonyl (C=O) groups excluding carboxylic acids is 4. The van der Waals surface area contributed by atoms with Gasteiger partial charge >= 0.3 is 39.5 Å². The number of unbranched alkanes of at least 4 members (excludes halogenated alkanes) is 55. The summed E-state index contributed by atoms with van der Waals surface area (Å²) in [5.41, 5.74) is 0. The minimum absolute atomic E-state index is 0.109. The van der Waals surface area contributed by atoms with Crippen LogP contribution in [0.2, 0.25) is 0 Å². The third-order valence-corrected chi connectivity index (χ3v) is 20.8. The summed E-state index contributed by atoms with van der Waals surface area (Å²) in [6, 6.07) is 0. The second-order valence-electron chi connectivity index (χ2n) is 28.8. The van der Waals surface area contributed by atoms with Crippen molar-refractivity contribution < 1.29 is 80.2 Å². The van der Waals surface area contributed by atoms with Crippen molar-refractivity contribution in [1.82, 2.24) is 0 Å². The maximum absolute atomic E-state index is 13.1. The van der Waals surface area contributed by atoms with E-state index in [0.29, 0.717) is 25.7 Å². The van der Waals surface area contributed by atoms with Crippen LogP contribution in [0.5, 0.6) is 0 Å². The molecule has 5 atom stereocenters. The van der Waals surface area contributed by atoms with Gasteiger partial charge in [0.15, 0.2) is 12.2 Å². The fourth-order valence-corrected chi connectivity index (χ4v) is 14.0. The molecule has 0 aromatic rings. The Morgan fingerprint density at radius 1 is 0.242 bits per heavy atom. The number of phosphoric acid groups is 2. The molecule has 0 heterocycles. The van der Waals surface area contributed by atoms with Gasteiger partial charge in [-0.25, -0.2) is 9.13 Å². The zero-order valence-electron chi connectivity index (χ0n) is 64.5. The lowest BCUT2D eigenvalue weighted by atomic mass is 10.0. The highest BCUT2D eigenvalue weighted by Crippen LogP contribution is 2.45. The molecular weight excluding hydrogens is 1290 g/mol. The van der Waals surface area contributed by atoms with E-state index in [1.54, 1.807) is 0 Å². The molecule has 3 N–H and O–H groups in total. The van der Waals surface area contributed by atoms with Gasteiger partial charge in [0, 0.05) is 25.7 Å². The molecule has 99 heavy (non-hydrogen) atoms. The monoisotopic (exact) mass is 1450 g/mol. The molecule has 0 fully saturated rings. The summed E-state index contributed by atoms with van der Waals surface area (Å²) >= 11 is 0. The van der Waals surface area contributed by atoms with Crippen LogP contribution in [0.4, 0.5) is 0 Å². The van der Waals surface area contributed by atoms with Gasteiger partial charge in [-0.1, -0.05) is 381 Å². The molecule has 0 bridgehead atoms. The summed E-state index contributed by atoms with van der Waals surface area (Å²) in [5.74, 6) is -2.11. The molecule has 0 spiro atoms. The summed E-state index contributed by atoms with van der Waals surface area (Å²) in [6.07, 6.45) is 66.6. The largest absolute Gasteiger partial charge is 0.472 e. The van der Waals surface area contributed by atoms with Crippen LogP contribution in [0.15, 0.2) is 0 Å². The van der Waals surface area contributed by atoms with E-state index < -0.39 is 97.5 Å². The number of aliphatic hydroxyl groups excluding tert-OH is 1. The molecule has 0 rings (SSSR count). The van der Waals surface area contributed by atoms with E-state index in [0.717, 1.165) is 89.9 Å². The predicted molar refractivity (Wildman–Crippen MR) is 405 cm³/mol. The van der Waals surface area contributed by atoms with Crippen molar-refractivity contribution in [3.8, 4) is 0 Å². The first-order valence-corrected chi connectivity index (χ1v) is 44.8. The zero-order valence-corrected chi connectivity index (χ0v) is 66.3. The number of aliphatic hydroxyl groups is 1. The third-order valence-electron chi connectivity index (χ3n) is 18.9. The van der Waals surface area contributed by atoms with E-state index >= 15 is 0 Å². The topological polar surface area (TPSA) is 237 Å². The van der Waals surface area contributed by atoms with E-state index in [-0.39, 0.29) is 25.7 Å². The van der Waals surface area contributed by atoms with Crippen molar-refractivity contribution in [2.75, 3.05) is 39.6 Å². The average Bonchev–Trinajstić information content (AvgIpc) is 1.10. The Hall–Kier alpha value is -1.94. The minimum atomic E-state index is -4.96. The highest BCUT2D eigenvalue weighted by Gasteiger charge is 2.30. The summed E-state index contributed by atoms with van der Waals surface area (Å²) in [4.78, 5) is 72.9. The van der Waals surface area contributed by atoms with Crippen LogP contribution < -0.4 is 0 Å². The maximum Gasteiger partial charge on any atom is 0.472 e. The standard InChI is InChI=1S/C80H156O17P2/c1-5-9-13-17-21-25-28-31-34-37-39-42-45-48-51-55-59-63-67-80(85)97-76(71-91-78(83)65-61-57-53-49-46-43-41-38-35-32-29-26-22-18-14-10-6-2)73-95-99(88,89)93-69-74(81)68-92-98(86,87)94-72-75(70-90-77(82)64-60-56-52-24-20-16-12-8-4)96-79(84)66-62-58-54-50-47-44-40-36-33-30-27-23-19-15-11-7-3/h74-76,81H,5-73H2,1-4H3,(H,86,87)(H,88,89)/t74-,75+,76+/m0/s1. The van der Waals surface area contributed by atoms with Crippen molar-refractivity contribution >= 4 is 39.5 Å². The Balaban J connectivity index is 5.20. The summed E-state index contributed by atoms with van der Waals surface area (Å²) in [7, 11) is -9.91. The van der Waals surface area contributed by atoms with Gasteiger partial charge in [-0.3, -0.25) is 37.3 Å². The lowest BCUT2D eigenvalue weighted by Gasteiger charge is -2.21. The fraction of sp³-hybridized carbons (Fsp3) is 0.950. The highest BCUT2D eigenvalue weighted by molar-refractivity contribution is 7.47. The zero-order chi connectivity index (χ0) is 72.5. The van der Waals surface area contributed by atoms with Gasteiger partial charge in [-0.05, 0) is 25.7 Å². The van der Waals surface area contributed by atoms with Gasteiger partial charge in [-0.2, -0.15) is 0 Å². The van der Waals surface area contributed by atoms with Crippen molar-refractivity contribution in [3.05, 3.63) is 0 Å². The summed E-state index contributed by atoms with van der Waals surface area (Å²) in [5, 5.41) is 10.6. The molecular formula is C80H156O17P2. The number of esters is 4. The van der Waals surface area contributed by atoms with Crippen molar-refractivity contribution in [3.63, 3.8) is 0 Å². The first-order valence-electron chi connectivity index (χ1n) is 41.8. The highest BCUT2D eigenvalue weighted by atomic mass is 31.2. The summed E-state index contributed by atoms with van der Waals surface area (Å²) < 4.78 is 68.6. The van der Waals surface area contributed by atoms with Gasteiger partial charge in [-0.15, -0.1) is 0 Å². The maximum atomic E-state index is 13.1. The van der Waals surface area contributed by atoms with E-state index in [4.69, 9.17) is 37.0 Å². The van der Waals surface area contributed by atoms with Crippen LogP contribution in [0.1, 0.15) is 432 Å². The van der Waals surface area contributed by atoms with Gasteiger partial charge < -0.3 is 33.8 Å². The van der Waals surface area contributed by atoms with Crippen LogP contribution in [-0.4, -0.2) is 96.7 Å².